The number of hydrogen-bond donors (Lipinski definition) is 1. The molecular weight excluding hydrogens is 416 g/mol. The first-order valence-corrected chi connectivity index (χ1v) is 8.54. The van der Waals surface area contributed by atoms with Crippen LogP contribution in [-0.2, 0) is 6.18 Å². The molecule has 1 aromatic carbocycles. The Morgan fingerprint density at radius 3 is 2.61 bits per heavy atom. The molecule has 142 valence electrons. The molecule has 0 aliphatic heterocycles. The van der Waals surface area contributed by atoms with Crippen molar-refractivity contribution in [3.63, 3.8) is 0 Å². The highest BCUT2D eigenvalue weighted by Crippen LogP contribution is 2.35. The van der Waals surface area contributed by atoms with Crippen LogP contribution in [0.2, 0.25) is 10.0 Å². The largest absolute Gasteiger partial charge is 0.418 e. The van der Waals surface area contributed by atoms with Crippen LogP contribution in [0.4, 0.5) is 24.8 Å². The van der Waals surface area contributed by atoms with Crippen LogP contribution in [0.5, 0.6) is 0 Å². The summed E-state index contributed by atoms with van der Waals surface area (Å²) in [6, 6.07) is 8.47. The fourth-order valence-electron chi connectivity index (χ4n) is 2.57. The van der Waals surface area contributed by atoms with Crippen molar-refractivity contribution in [2.24, 2.45) is 0 Å². The first-order chi connectivity index (χ1) is 13.3. The maximum atomic E-state index is 13.2. The summed E-state index contributed by atoms with van der Waals surface area (Å²) < 4.78 is 41.0. The van der Waals surface area contributed by atoms with Gasteiger partial charge in [0.25, 0.3) is 0 Å². The quantitative estimate of drug-likeness (QED) is 0.485. The van der Waals surface area contributed by atoms with Crippen LogP contribution in [0.1, 0.15) is 5.56 Å². The van der Waals surface area contributed by atoms with Crippen molar-refractivity contribution in [1.82, 2.24) is 24.8 Å². The van der Waals surface area contributed by atoms with Crippen molar-refractivity contribution in [2.45, 2.75) is 6.18 Å². The van der Waals surface area contributed by atoms with Gasteiger partial charge in [-0.2, -0.15) is 22.8 Å². The minimum atomic E-state index is -4.54. The Morgan fingerprint density at radius 2 is 1.86 bits per heavy atom. The van der Waals surface area contributed by atoms with Crippen molar-refractivity contribution >= 4 is 40.5 Å². The zero-order chi connectivity index (χ0) is 19.9. The maximum absolute atomic E-state index is 13.2. The van der Waals surface area contributed by atoms with E-state index >= 15 is 0 Å². The second kappa shape index (κ2) is 6.92. The third-order valence-electron chi connectivity index (χ3n) is 3.83. The van der Waals surface area contributed by atoms with Crippen LogP contribution in [0, 0.1) is 0 Å². The van der Waals surface area contributed by atoms with E-state index in [9.17, 15) is 13.2 Å². The van der Waals surface area contributed by atoms with E-state index in [2.05, 4.69) is 25.6 Å². The summed E-state index contributed by atoms with van der Waals surface area (Å²) in [5.41, 5.74) is -0.154. The average Bonchev–Trinajstić information content (AvgIpc) is 3.05. The number of fused-ring (bicyclic) bond motifs is 1. The van der Waals surface area contributed by atoms with Gasteiger partial charge in [-0.1, -0.05) is 23.2 Å². The summed E-state index contributed by atoms with van der Waals surface area (Å²) in [7, 11) is 0. The molecule has 0 saturated heterocycles. The Hall–Kier alpha value is -2.91. The van der Waals surface area contributed by atoms with Gasteiger partial charge in [0.1, 0.15) is 0 Å². The highest BCUT2D eigenvalue weighted by Gasteiger charge is 2.34. The summed E-state index contributed by atoms with van der Waals surface area (Å²) in [5, 5.41) is 15.8. The number of nitrogens with one attached hydrogen (secondary N) is 1. The number of benzene rings is 1. The Labute approximate surface area is 165 Å². The fourth-order valence-corrected chi connectivity index (χ4v) is 3.03. The molecule has 3 aromatic heterocycles. The van der Waals surface area contributed by atoms with Crippen molar-refractivity contribution in [3.8, 4) is 11.3 Å². The van der Waals surface area contributed by atoms with Crippen LogP contribution in [0.15, 0.2) is 48.8 Å². The van der Waals surface area contributed by atoms with Crippen molar-refractivity contribution in [2.75, 3.05) is 5.32 Å². The third-order valence-corrected chi connectivity index (χ3v) is 4.37. The molecule has 0 unspecified atom stereocenters. The van der Waals surface area contributed by atoms with E-state index in [4.69, 9.17) is 23.2 Å². The minimum absolute atomic E-state index is 0.170. The Kier molecular flexibility index (Phi) is 4.56. The highest BCUT2D eigenvalue weighted by atomic mass is 35.5. The molecule has 0 aliphatic rings. The zero-order valence-corrected chi connectivity index (χ0v) is 15.3. The molecule has 28 heavy (non-hydrogen) atoms. The number of halogens is 5. The van der Waals surface area contributed by atoms with E-state index < -0.39 is 11.7 Å². The molecule has 0 radical (unpaired) electrons. The molecule has 0 aliphatic carbocycles. The van der Waals surface area contributed by atoms with Gasteiger partial charge in [-0.25, -0.2) is 0 Å². The molecule has 3 heterocycles. The molecule has 0 saturated carbocycles. The molecule has 6 nitrogen and oxygen atoms in total. The zero-order valence-electron chi connectivity index (χ0n) is 13.7. The summed E-state index contributed by atoms with van der Waals surface area (Å²) in [6.07, 6.45) is -1.99. The number of nitrogens with zero attached hydrogens (tertiary/aromatic N) is 5. The molecule has 0 bridgehead atoms. The van der Waals surface area contributed by atoms with E-state index in [0.29, 0.717) is 15.7 Å². The van der Waals surface area contributed by atoms with Crippen LogP contribution < -0.4 is 5.32 Å². The number of hydrogen-bond acceptors (Lipinski definition) is 5. The number of aromatic nitrogens is 5. The van der Waals surface area contributed by atoms with E-state index in [-0.39, 0.29) is 22.9 Å². The minimum Gasteiger partial charge on any atom is -0.321 e. The van der Waals surface area contributed by atoms with E-state index in [1.165, 1.54) is 29.0 Å². The first kappa shape index (κ1) is 18.5. The molecule has 1 N–H and O–H groups in total. The number of rotatable bonds is 3. The van der Waals surface area contributed by atoms with Gasteiger partial charge in [0.15, 0.2) is 5.65 Å². The summed E-state index contributed by atoms with van der Waals surface area (Å²) in [6.45, 7) is 0. The van der Waals surface area contributed by atoms with Gasteiger partial charge in [-0.15, -0.1) is 10.2 Å². The summed E-state index contributed by atoms with van der Waals surface area (Å²) in [5.74, 6) is 0.239. The lowest BCUT2D eigenvalue weighted by Crippen LogP contribution is -2.08. The third kappa shape index (κ3) is 3.46. The Balaban J connectivity index is 1.73. The standard InChI is InChI=1S/C17H9Cl2F3N6/c18-10-3-4-13(12(19)7-10)25-16-27-26-14-6-9(8-24-28(14)16)15-11(17(20,21)22)2-1-5-23-15/h1-8H,(H,25,27). The summed E-state index contributed by atoms with van der Waals surface area (Å²) >= 11 is 12.0. The Bertz CT molecular complexity index is 1180. The lowest BCUT2D eigenvalue weighted by molar-refractivity contribution is -0.137. The van der Waals surface area contributed by atoms with Crippen LogP contribution in [-0.4, -0.2) is 24.8 Å². The van der Waals surface area contributed by atoms with Gasteiger partial charge < -0.3 is 5.32 Å². The van der Waals surface area contributed by atoms with Crippen LogP contribution >= 0.6 is 23.2 Å². The number of pyridine rings is 1. The van der Waals surface area contributed by atoms with Gasteiger partial charge in [0.05, 0.1) is 28.2 Å². The van der Waals surface area contributed by atoms with E-state index in [1.807, 2.05) is 0 Å². The molecule has 4 aromatic rings. The first-order valence-electron chi connectivity index (χ1n) is 7.79. The fraction of sp³-hybridized carbons (Fsp3) is 0.0588. The summed E-state index contributed by atoms with van der Waals surface area (Å²) in [4.78, 5) is 3.85. The van der Waals surface area contributed by atoms with Crippen molar-refractivity contribution in [1.29, 1.82) is 0 Å². The predicted molar refractivity (Wildman–Crippen MR) is 98.8 cm³/mol. The number of anilines is 2. The number of alkyl halides is 3. The topological polar surface area (TPSA) is 68.0 Å². The molecule has 0 amide bonds. The smallest absolute Gasteiger partial charge is 0.321 e. The highest BCUT2D eigenvalue weighted by molar-refractivity contribution is 6.36. The lowest BCUT2D eigenvalue weighted by atomic mass is 10.1. The van der Waals surface area contributed by atoms with Gasteiger partial charge in [-0.05, 0) is 36.4 Å². The molecule has 4 rings (SSSR count). The maximum Gasteiger partial charge on any atom is 0.418 e. The van der Waals surface area contributed by atoms with Gasteiger partial charge in [-0.3, -0.25) is 4.98 Å². The van der Waals surface area contributed by atoms with Crippen molar-refractivity contribution < 1.29 is 13.2 Å². The van der Waals surface area contributed by atoms with Gasteiger partial charge in [0.2, 0.25) is 5.95 Å². The van der Waals surface area contributed by atoms with E-state index in [0.717, 1.165) is 6.07 Å². The van der Waals surface area contributed by atoms with Crippen molar-refractivity contribution in [3.05, 3.63) is 64.4 Å². The normalized spacial score (nSPS) is 11.8. The molecule has 11 heteroatoms. The van der Waals surface area contributed by atoms with Gasteiger partial charge in [0, 0.05) is 16.8 Å². The monoisotopic (exact) mass is 424 g/mol. The Morgan fingerprint density at radius 1 is 1.04 bits per heavy atom. The molecule has 0 spiro atoms. The average molecular weight is 425 g/mol. The molecule has 0 atom stereocenters. The molecule has 0 fully saturated rings. The SMILES string of the molecule is FC(F)(F)c1cccnc1-c1cnn2c(Nc3ccc(Cl)cc3Cl)nnc2c1. The second-order valence-electron chi connectivity index (χ2n) is 5.68. The van der Waals surface area contributed by atoms with Crippen LogP contribution in [0.25, 0.3) is 16.9 Å². The second-order valence-corrected chi connectivity index (χ2v) is 6.53. The van der Waals surface area contributed by atoms with Gasteiger partial charge >= 0.3 is 6.18 Å². The van der Waals surface area contributed by atoms with Crippen LogP contribution in [0.3, 0.4) is 0 Å². The molecular formula is C17H9Cl2F3N6. The predicted octanol–water partition coefficient (Wildman–Crippen LogP) is 5.26. The van der Waals surface area contributed by atoms with E-state index in [1.54, 1.807) is 18.2 Å². The lowest BCUT2D eigenvalue weighted by Gasteiger charge is -2.11.